The first-order valence-electron chi connectivity index (χ1n) is 4.60. The predicted octanol–water partition coefficient (Wildman–Crippen LogP) is 1.62. The van der Waals surface area contributed by atoms with E-state index in [4.69, 9.17) is 9.84 Å². The maximum absolute atomic E-state index is 12.5. The number of fused-ring (bicyclic) bond motifs is 1. The van der Waals surface area contributed by atoms with Crippen molar-refractivity contribution in [2.45, 2.75) is 18.8 Å². The van der Waals surface area contributed by atoms with Crippen molar-refractivity contribution in [2.24, 2.45) is 0 Å². The Hall–Kier alpha value is -1.21. The minimum absolute atomic E-state index is 0. The van der Waals surface area contributed by atoms with Crippen molar-refractivity contribution in [3.8, 4) is 11.6 Å². The number of halogens is 4. The van der Waals surface area contributed by atoms with Crippen LogP contribution in [-0.2, 0) is 6.54 Å². The van der Waals surface area contributed by atoms with Gasteiger partial charge in [-0.25, -0.2) is 4.98 Å². The van der Waals surface area contributed by atoms with E-state index in [1.165, 1.54) is 12.1 Å². The summed E-state index contributed by atoms with van der Waals surface area (Å²) in [5.41, 5.74) is 0.270. The number of nitrogens with zero attached hydrogens (tertiary/aromatic N) is 1. The van der Waals surface area contributed by atoms with Crippen molar-refractivity contribution < 1.29 is 23.0 Å². The lowest BCUT2D eigenvalue weighted by molar-refractivity contribution is -0.192. The summed E-state index contributed by atoms with van der Waals surface area (Å²) in [4.78, 5) is 3.69. The second kappa shape index (κ2) is 4.97. The Labute approximate surface area is 101 Å². The molecule has 1 aromatic heterocycles. The molecule has 8 heteroatoms. The molecule has 96 valence electrons. The zero-order valence-electron chi connectivity index (χ0n) is 8.49. The van der Waals surface area contributed by atoms with Gasteiger partial charge in [-0.2, -0.15) is 13.2 Å². The number of hydrogen-bond donors (Lipinski definition) is 2. The largest absolute Gasteiger partial charge is 0.493 e. The summed E-state index contributed by atoms with van der Waals surface area (Å²) in [5.74, 6) is -0.195. The molecule has 0 bridgehead atoms. The lowest BCUT2D eigenvalue weighted by Crippen LogP contribution is -2.41. The molecule has 1 atom stereocenters. The monoisotopic (exact) mass is 270 g/mol. The van der Waals surface area contributed by atoms with Crippen LogP contribution in [0.3, 0.4) is 0 Å². The van der Waals surface area contributed by atoms with Gasteiger partial charge in [0.05, 0.1) is 0 Å². The molecule has 0 unspecified atom stereocenters. The molecule has 0 spiro atoms. The Kier molecular flexibility index (Phi) is 4.05. The molecule has 1 aliphatic heterocycles. The van der Waals surface area contributed by atoms with E-state index in [0.717, 1.165) is 0 Å². The third kappa shape index (κ3) is 3.13. The van der Waals surface area contributed by atoms with Crippen molar-refractivity contribution in [1.29, 1.82) is 0 Å². The summed E-state index contributed by atoms with van der Waals surface area (Å²) in [6, 6.07) is 2.47. The molecule has 2 N–H and O–H groups in total. The topological polar surface area (TPSA) is 54.4 Å². The van der Waals surface area contributed by atoms with Gasteiger partial charge in [0.15, 0.2) is 0 Å². The summed E-state index contributed by atoms with van der Waals surface area (Å²) in [5, 5.41) is 11.7. The van der Waals surface area contributed by atoms with Crippen molar-refractivity contribution >= 4 is 12.4 Å². The average molecular weight is 271 g/mol. The number of aromatic hydroxyl groups is 1. The second-order valence-corrected chi connectivity index (χ2v) is 3.39. The van der Waals surface area contributed by atoms with E-state index in [2.05, 4.69) is 10.3 Å². The minimum atomic E-state index is -4.42. The van der Waals surface area contributed by atoms with Crippen LogP contribution < -0.4 is 10.1 Å². The standard InChI is InChI=1S/C9H9F3N2O2.ClH/c10-9(11,12)7-4-13-3-5-6(16-7)1-2-8(15)14-5;/h1-2,7,13H,3-4H2,(H,14,15);1H/t7-;/m0./s1. The van der Waals surface area contributed by atoms with Crippen molar-refractivity contribution in [3.05, 3.63) is 17.8 Å². The number of pyridine rings is 1. The first-order chi connectivity index (χ1) is 7.47. The Bertz CT molecular complexity index is 400. The molecule has 17 heavy (non-hydrogen) atoms. The van der Waals surface area contributed by atoms with Crippen molar-refractivity contribution in [3.63, 3.8) is 0 Å². The fraction of sp³-hybridized carbons (Fsp3) is 0.444. The number of nitrogens with one attached hydrogen (secondary N) is 1. The van der Waals surface area contributed by atoms with Gasteiger partial charge in [0.2, 0.25) is 12.0 Å². The summed E-state index contributed by atoms with van der Waals surface area (Å²) >= 11 is 0. The van der Waals surface area contributed by atoms with Crippen LogP contribution in [0.2, 0.25) is 0 Å². The van der Waals surface area contributed by atoms with Crippen LogP contribution in [0.4, 0.5) is 13.2 Å². The van der Waals surface area contributed by atoms with Crippen LogP contribution in [0.1, 0.15) is 5.69 Å². The molecule has 0 saturated heterocycles. The van der Waals surface area contributed by atoms with Gasteiger partial charge in [-0.1, -0.05) is 0 Å². The third-order valence-corrected chi connectivity index (χ3v) is 2.17. The molecule has 0 saturated carbocycles. The first-order valence-corrected chi connectivity index (χ1v) is 4.60. The fourth-order valence-corrected chi connectivity index (χ4v) is 1.41. The second-order valence-electron chi connectivity index (χ2n) is 3.39. The highest BCUT2D eigenvalue weighted by atomic mass is 35.5. The zero-order valence-corrected chi connectivity index (χ0v) is 9.31. The highest BCUT2D eigenvalue weighted by Gasteiger charge is 2.42. The molecule has 2 heterocycles. The molecule has 0 amide bonds. The number of ether oxygens (including phenoxy) is 1. The Morgan fingerprint density at radius 3 is 2.76 bits per heavy atom. The molecule has 2 rings (SSSR count). The Morgan fingerprint density at radius 2 is 2.12 bits per heavy atom. The van der Waals surface area contributed by atoms with Crippen LogP contribution in [0.5, 0.6) is 11.6 Å². The SMILES string of the molecule is Cl.Oc1ccc2c(n1)CNC[C@@H](C(F)(F)F)O2. The van der Waals surface area contributed by atoms with Gasteiger partial charge < -0.3 is 15.2 Å². The first kappa shape index (κ1) is 13.9. The normalized spacial score (nSPS) is 19.6. The molecule has 1 aliphatic rings. The number of rotatable bonds is 0. The lowest BCUT2D eigenvalue weighted by atomic mass is 10.3. The Morgan fingerprint density at radius 1 is 1.41 bits per heavy atom. The smallest absolute Gasteiger partial charge is 0.426 e. The van der Waals surface area contributed by atoms with E-state index in [1.54, 1.807) is 0 Å². The van der Waals surface area contributed by atoms with Gasteiger partial charge in [-0.05, 0) is 6.07 Å². The number of alkyl halides is 3. The van der Waals surface area contributed by atoms with Gasteiger partial charge in [-0.15, -0.1) is 12.4 Å². The summed E-state index contributed by atoms with van der Waals surface area (Å²) in [6.07, 6.45) is -6.31. The van der Waals surface area contributed by atoms with Crippen LogP contribution in [0.15, 0.2) is 12.1 Å². The van der Waals surface area contributed by atoms with Crippen LogP contribution >= 0.6 is 12.4 Å². The van der Waals surface area contributed by atoms with Gasteiger partial charge in [0, 0.05) is 19.2 Å². The van der Waals surface area contributed by atoms with Gasteiger partial charge in [0.1, 0.15) is 11.4 Å². The molecule has 0 radical (unpaired) electrons. The quantitative estimate of drug-likeness (QED) is 0.752. The summed E-state index contributed by atoms with van der Waals surface area (Å²) in [7, 11) is 0. The van der Waals surface area contributed by atoms with Gasteiger partial charge >= 0.3 is 6.18 Å². The van der Waals surface area contributed by atoms with Gasteiger partial charge in [-0.3, -0.25) is 0 Å². The minimum Gasteiger partial charge on any atom is -0.493 e. The molecule has 0 aromatic carbocycles. The third-order valence-electron chi connectivity index (χ3n) is 2.17. The van der Waals surface area contributed by atoms with Crippen molar-refractivity contribution in [1.82, 2.24) is 10.3 Å². The zero-order chi connectivity index (χ0) is 11.8. The van der Waals surface area contributed by atoms with Gasteiger partial charge in [0.25, 0.3) is 0 Å². The van der Waals surface area contributed by atoms with E-state index >= 15 is 0 Å². The van der Waals surface area contributed by atoms with Crippen molar-refractivity contribution in [2.75, 3.05) is 6.54 Å². The molecule has 1 aromatic rings. The van der Waals surface area contributed by atoms with E-state index < -0.39 is 12.3 Å². The summed E-state index contributed by atoms with van der Waals surface area (Å²) in [6.45, 7) is -0.197. The van der Waals surface area contributed by atoms with E-state index in [-0.39, 0.29) is 42.8 Å². The molecule has 0 aliphatic carbocycles. The Balaban J connectivity index is 0.00000144. The highest BCUT2D eigenvalue weighted by molar-refractivity contribution is 5.85. The molecule has 0 fully saturated rings. The number of aromatic nitrogens is 1. The fourth-order valence-electron chi connectivity index (χ4n) is 1.41. The molecule has 4 nitrogen and oxygen atoms in total. The van der Waals surface area contributed by atoms with Crippen LogP contribution in [0.25, 0.3) is 0 Å². The lowest BCUT2D eigenvalue weighted by Gasteiger charge is -2.19. The van der Waals surface area contributed by atoms with E-state index in [1.807, 2.05) is 0 Å². The molecular weight excluding hydrogens is 261 g/mol. The van der Waals surface area contributed by atoms with Crippen LogP contribution in [0, 0.1) is 0 Å². The maximum Gasteiger partial charge on any atom is 0.426 e. The van der Waals surface area contributed by atoms with E-state index in [9.17, 15) is 13.2 Å². The number of hydrogen-bond acceptors (Lipinski definition) is 4. The predicted molar refractivity (Wildman–Crippen MR) is 55.3 cm³/mol. The van der Waals surface area contributed by atoms with E-state index in [0.29, 0.717) is 0 Å². The summed E-state index contributed by atoms with van der Waals surface area (Å²) < 4.78 is 42.2. The highest BCUT2D eigenvalue weighted by Crippen LogP contribution is 2.29. The van der Waals surface area contributed by atoms with Crippen LogP contribution in [-0.4, -0.2) is 28.9 Å². The average Bonchev–Trinajstić information content (AvgIpc) is 2.38. The molecular formula is C9H10ClF3N2O2. The maximum atomic E-state index is 12.5.